The van der Waals surface area contributed by atoms with E-state index in [1.54, 1.807) is 12.1 Å². The first-order valence-electron chi connectivity index (χ1n) is 8.67. The Bertz CT molecular complexity index is 972. The molecule has 2 aromatic heterocycles. The number of hydrogen-bond donors (Lipinski definition) is 1. The third-order valence-corrected chi connectivity index (χ3v) is 4.11. The summed E-state index contributed by atoms with van der Waals surface area (Å²) in [5.74, 6) is 1.14. The number of para-hydroxylation sites is 1. The predicted molar refractivity (Wildman–Crippen MR) is 100 cm³/mol. The van der Waals surface area contributed by atoms with Crippen molar-refractivity contribution in [3.05, 3.63) is 75.5 Å². The van der Waals surface area contributed by atoms with Crippen LogP contribution in [0.1, 0.15) is 27.4 Å². The molecular weight excluding hydrogens is 364 g/mol. The van der Waals surface area contributed by atoms with E-state index in [1.807, 2.05) is 32.0 Å². The van der Waals surface area contributed by atoms with Crippen molar-refractivity contribution in [1.29, 1.82) is 0 Å². The van der Waals surface area contributed by atoms with Crippen LogP contribution in [0.25, 0.3) is 0 Å². The van der Waals surface area contributed by atoms with Crippen LogP contribution in [0, 0.1) is 24.0 Å². The van der Waals surface area contributed by atoms with Crippen molar-refractivity contribution in [2.45, 2.75) is 27.0 Å². The summed E-state index contributed by atoms with van der Waals surface area (Å²) in [5.41, 5.74) is 1.97. The molecule has 28 heavy (non-hydrogen) atoms. The maximum Gasteiger partial charge on any atom is 0.306 e. The van der Waals surface area contributed by atoms with E-state index < -0.39 is 4.92 Å². The number of benzene rings is 1. The van der Waals surface area contributed by atoms with Crippen molar-refractivity contribution in [1.82, 2.24) is 15.1 Å². The minimum Gasteiger partial charge on any atom is -0.485 e. The molecule has 0 fully saturated rings. The molecule has 0 aliphatic rings. The van der Waals surface area contributed by atoms with Gasteiger partial charge >= 0.3 is 5.69 Å². The number of rotatable bonds is 8. The number of aryl methyl sites for hydroxylation is 2. The zero-order chi connectivity index (χ0) is 20.1. The SMILES string of the molecule is Cc1cccc(C)c1OCc1ccc(C(=O)NCCn2cc([N+](=O)[O-])cn2)o1. The average Bonchev–Trinajstić information content (AvgIpc) is 3.31. The van der Waals surface area contributed by atoms with Gasteiger partial charge in [-0.1, -0.05) is 18.2 Å². The van der Waals surface area contributed by atoms with Crippen molar-refractivity contribution in [3.63, 3.8) is 0 Å². The molecule has 3 aromatic rings. The molecule has 2 heterocycles. The first kappa shape index (κ1) is 19.2. The number of amides is 1. The third-order valence-electron chi connectivity index (χ3n) is 4.11. The van der Waals surface area contributed by atoms with Gasteiger partial charge in [0.05, 0.1) is 11.5 Å². The number of nitrogens with zero attached hydrogens (tertiary/aromatic N) is 3. The molecule has 9 heteroatoms. The summed E-state index contributed by atoms with van der Waals surface area (Å²) in [7, 11) is 0. The van der Waals surface area contributed by atoms with Crippen LogP contribution in [-0.2, 0) is 13.2 Å². The van der Waals surface area contributed by atoms with Gasteiger partial charge in [-0.2, -0.15) is 5.10 Å². The van der Waals surface area contributed by atoms with Crippen LogP contribution in [0.3, 0.4) is 0 Å². The summed E-state index contributed by atoms with van der Waals surface area (Å²) >= 11 is 0. The molecule has 3 rings (SSSR count). The van der Waals surface area contributed by atoms with Crippen LogP contribution < -0.4 is 10.1 Å². The summed E-state index contributed by atoms with van der Waals surface area (Å²) in [6, 6.07) is 9.18. The van der Waals surface area contributed by atoms with Gasteiger partial charge in [-0.15, -0.1) is 0 Å². The Balaban J connectivity index is 1.50. The lowest BCUT2D eigenvalue weighted by atomic mass is 10.1. The van der Waals surface area contributed by atoms with Gasteiger partial charge in [0, 0.05) is 6.54 Å². The molecule has 0 saturated carbocycles. The van der Waals surface area contributed by atoms with Crippen molar-refractivity contribution >= 4 is 11.6 Å². The lowest BCUT2D eigenvalue weighted by molar-refractivity contribution is -0.385. The standard InChI is InChI=1S/C19H20N4O5/c1-13-4-3-5-14(2)18(13)27-12-16-6-7-17(28-16)19(24)20-8-9-22-11-15(10-21-22)23(25)26/h3-7,10-11H,8-9,12H2,1-2H3,(H,20,24). The fourth-order valence-corrected chi connectivity index (χ4v) is 2.69. The fraction of sp³-hybridized carbons (Fsp3) is 0.263. The van der Waals surface area contributed by atoms with Crippen molar-refractivity contribution in [2.75, 3.05) is 6.54 Å². The maximum atomic E-state index is 12.2. The summed E-state index contributed by atoms with van der Waals surface area (Å²) in [6.45, 7) is 4.72. The number of hydrogen-bond acceptors (Lipinski definition) is 6. The third kappa shape index (κ3) is 4.56. The molecule has 0 unspecified atom stereocenters. The molecule has 0 atom stereocenters. The normalized spacial score (nSPS) is 10.6. The Morgan fingerprint density at radius 2 is 2.04 bits per heavy atom. The molecule has 0 radical (unpaired) electrons. The first-order valence-corrected chi connectivity index (χ1v) is 8.67. The molecule has 9 nitrogen and oxygen atoms in total. The van der Waals surface area contributed by atoms with E-state index in [9.17, 15) is 14.9 Å². The summed E-state index contributed by atoms with van der Waals surface area (Å²) in [4.78, 5) is 22.3. The van der Waals surface area contributed by atoms with Gasteiger partial charge in [0.25, 0.3) is 5.91 Å². The van der Waals surface area contributed by atoms with Gasteiger partial charge in [0.2, 0.25) is 0 Å². The van der Waals surface area contributed by atoms with E-state index >= 15 is 0 Å². The average molecular weight is 384 g/mol. The number of carbonyl (C=O) groups excluding carboxylic acids is 1. The zero-order valence-electron chi connectivity index (χ0n) is 15.5. The highest BCUT2D eigenvalue weighted by atomic mass is 16.6. The summed E-state index contributed by atoms with van der Waals surface area (Å²) in [5, 5.41) is 17.2. The minimum absolute atomic E-state index is 0.0918. The predicted octanol–water partition coefficient (Wildman–Crippen LogP) is 3.01. The van der Waals surface area contributed by atoms with Crippen LogP contribution in [0.5, 0.6) is 5.75 Å². The Hall–Kier alpha value is -3.62. The smallest absolute Gasteiger partial charge is 0.306 e. The molecule has 1 N–H and O–H groups in total. The molecule has 1 amide bonds. The zero-order valence-corrected chi connectivity index (χ0v) is 15.5. The monoisotopic (exact) mass is 384 g/mol. The Kier molecular flexibility index (Phi) is 5.73. The van der Waals surface area contributed by atoms with Crippen molar-refractivity contribution in [3.8, 4) is 5.75 Å². The highest BCUT2D eigenvalue weighted by Crippen LogP contribution is 2.23. The number of carbonyl (C=O) groups is 1. The van der Waals surface area contributed by atoms with Gasteiger partial charge in [0.15, 0.2) is 5.76 Å². The molecule has 0 aliphatic carbocycles. The van der Waals surface area contributed by atoms with Crippen molar-refractivity contribution < 1.29 is 18.9 Å². The molecule has 0 saturated heterocycles. The lowest BCUT2D eigenvalue weighted by Gasteiger charge is -2.10. The fourth-order valence-electron chi connectivity index (χ4n) is 2.69. The molecule has 0 aliphatic heterocycles. The second-order valence-corrected chi connectivity index (χ2v) is 6.25. The molecule has 146 valence electrons. The Morgan fingerprint density at radius 3 is 2.71 bits per heavy atom. The van der Waals surface area contributed by atoms with Crippen LogP contribution in [0.15, 0.2) is 47.1 Å². The highest BCUT2D eigenvalue weighted by molar-refractivity contribution is 5.91. The van der Waals surface area contributed by atoms with Crippen LogP contribution >= 0.6 is 0 Å². The van der Waals surface area contributed by atoms with E-state index in [0.717, 1.165) is 23.1 Å². The van der Waals surface area contributed by atoms with Crippen LogP contribution in [0.2, 0.25) is 0 Å². The Labute approximate surface area is 161 Å². The van der Waals surface area contributed by atoms with E-state index in [-0.39, 0.29) is 30.5 Å². The molecule has 1 aromatic carbocycles. The second-order valence-electron chi connectivity index (χ2n) is 6.25. The number of aromatic nitrogens is 2. The number of nitrogens with one attached hydrogen (secondary N) is 1. The van der Waals surface area contributed by atoms with E-state index in [0.29, 0.717) is 12.3 Å². The van der Waals surface area contributed by atoms with E-state index in [1.165, 1.54) is 10.9 Å². The summed E-state index contributed by atoms with van der Waals surface area (Å²) < 4.78 is 12.7. The second kappa shape index (κ2) is 8.38. The van der Waals surface area contributed by atoms with Gasteiger partial charge in [-0.25, -0.2) is 0 Å². The van der Waals surface area contributed by atoms with Gasteiger partial charge in [-0.05, 0) is 37.1 Å². The topological polar surface area (TPSA) is 112 Å². The van der Waals surface area contributed by atoms with Gasteiger partial charge in [0.1, 0.15) is 30.5 Å². The van der Waals surface area contributed by atoms with E-state index in [4.69, 9.17) is 9.15 Å². The van der Waals surface area contributed by atoms with Crippen LogP contribution in [-0.4, -0.2) is 27.2 Å². The molecule has 0 spiro atoms. The maximum absolute atomic E-state index is 12.2. The highest BCUT2D eigenvalue weighted by Gasteiger charge is 2.13. The Morgan fingerprint density at radius 1 is 1.29 bits per heavy atom. The largest absolute Gasteiger partial charge is 0.485 e. The van der Waals surface area contributed by atoms with Crippen molar-refractivity contribution in [2.24, 2.45) is 0 Å². The minimum atomic E-state index is -0.521. The lowest BCUT2D eigenvalue weighted by Crippen LogP contribution is -2.27. The number of nitro groups is 1. The molecular formula is C19H20N4O5. The van der Waals surface area contributed by atoms with Gasteiger partial charge in [-0.3, -0.25) is 19.6 Å². The number of furan rings is 1. The summed E-state index contributed by atoms with van der Waals surface area (Å²) in [6.07, 6.45) is 2.47. The molecule has 0 bridgehead atoms. The van der Waals surface area contributed by atoms with E-state index in [2.05, 4.69) is 10.4 Å². The van der Waals surface area contributed by atoms with Crippen LogP contribution in [0.4, 0.5) is 5.69 Å². The number of ether oxygens (including phenoxy) is 1. The van der Waals surface area contributed by atoms with Gasteiger partial charge < -0.3 is 14.5 Å². The quantitative estimate of drug-likeness (QED) is 0.472. The first-order chi connectivity index (χ1) is 13.4.